The molecule has 2 aliphatic heterocycles. The number of ether oxygens (including phenoxy) is 1. The molecule has 3 rings (SSSR count). The van der Waals surface area contributed by atoms with E-state index in [0.29, 0.717) is 19.1 Å². The molecule has 0 saturated carbocycles. The van der Waals surface area contributed by atoms with Gasteiger partial charge >= 0.3 is 0 Å². The average Bonchev–Trinajstić information content (AvgIpc) is 2.69. The van der Waals surface area contributed by atoms with Crippen molar-refractivity contribution in [1.82, 2.24) is 19.6 Å². The minimum absolute atomic E-state index is 0.0378. The highest BCUT2D eigenvalue weighted by atomic mass is 16.5. The first-order chi connectivity index (χ1) is 11.1. The molecular formula is C16H24N4O3. The van der Waals surface area contributed by atoms with Gasteiger partial charge in [-0.05, 0) is 19.4 Å². The van der Waals surface area contributed by atoms with Crippen molar-refractivity contribution in [2.24, 2.45) is 5.92 Å². The van der Waals surface area contributed by atoms with Gasteiger partial charge in [-0.2, -0.15) is 5.10 Å². The lowest BCUT2D eigenvalue weighted by molar-refractivity contribution is -0.134. The monoisotopic (exact) mass is 320 g/mol. The third kappa shape index (κ3) is 4.17. The molecule has 0 atom stereocenters. The number of nitrogens with zero attached hydrogens (tertiary/aromatic N) is 4. The van der Waals surface area contributed by atoms with Gasteiger partial charge in [0.1, 0.15) is 6.61 Å². The Labute approximate surface area is 135 Å². The van der Waals surface area contributed by atoms with Crippen molar-refractivity contribution in [1.29, 1.82) is 0 Å². The number of hydrogen-bond acceptors (Lipinski definition) is 5. The Balaban J connectivity index is 1.42. The molecule has 3 heterocycles. The maximum absolute atomic E-state index is 11.8. The first-order valence-electron chi connectivity index (χ1n) is 8.24. The molecule has 0 spiro atoms. The van der Waals surface area contributed by atoms with Gasteiger partial charge in [0.05, 0.1) is 12.2 Å². The second-order valence-corrected chi connectivity index (χ2v) is 6.41. The molecule has 126 valence electrons. The fraction of sp³-hybridized carbons (Fsp3) is 0.688. The molecule has 0 N–H and O–H groups in total. The van der Waals surface area contributed by atoms with E-state index in [4.69, 9.17) is 4.74 Å². The Morgan fingerprint density at radius 1 is 1.26 bits per heavy atom. The van der Waals surface area contributed by atoms with Crippen LogP contribution in [0.2, 0.25) is 0 Å². The molecule has 0 bridgehead atoms. The maximum atomic E-state index is 11.8. The number of aryl methyl sites for hydroxylation is 1. The summed E-state index contributed by atoms with van der Waals surface area (Å²) in [5, 5.41) is 4.28. The molecule has 7 nitrogen and oxygen atoms in total. The van der Waals surface area contributed by atoms with E-state index >= 15 is 0 Å². The first-order valence-corrected chi connectivity index (χ1v) is 8.24. The van der Waals surface area contributed by atoms with E-state index in [1.165, 1.54) is 0 Å². The van der Waals surface area contributed by atoms with Crippen molar-refractivity contribution in [3.05, 3.63) is 28.2 Å². The van der Waals surface area contributed by atoms with Crippen molar-refractivity contribution < 1.29 is 9.53 Å². The van der Waals surface area contributed by atoms with Gasteiger partial charge in [-0.3, -0.25) is 9.59 Å². The Bertz CT molecular complexity index is 610. The average molecular weight is 320 g/mol. The molecular weight excluding hydrogens is 296 g/mol. The van der Waals surface area contributed by atoms with Crippen LogP contribution in [0.1, 0.15) is 12.1 Å². The molecule has 1 amide bonds. The molecule has 1 aromatic rings. The Hall–Kier alpha value is -1.73. The fourth-order valence-corrected chi connectivity index (χ4v) is 3.13. The lowest BCUT2D eigenvalue weighted by Crippen LogP contribution is -2.52. The quantitative estimate of drug-likeness (QED) is 0.747. The van der Waals surface area contributed by atoms with Crippen molar-refractivity contribution >= 4 is 5.91 Å². The van der Waals surface area contributed by atoms with Crippen LogP contribution in [0.5, 0.6) is 0 Å². The van der Waals surface area contributed by atoms with Crippen LogP contribution in [0.25, 0.3) is 0 Å². The van der Waals surface area contributed by atoms with Crippen molar-refractivity contribution in [2.75, 3.05) is 45.9 Å². The topological polar surface area (TPSA) is 67.7 Å². The molecule has 23 heavy (non-hydrogen) atoms. The summed E-state index contributed by atoms with van der Waals surface area (Å²) in [4.78, 5) is 27.8. The van der Waals surface area contributed by atoms with E-state index in [1.807, 2.05) is 11.8 Å². The molecule has 0 aromatic carbocycles. The lowest BCUT2D eigenvalue weighted by Gasteiger charge is -2.40. The van der Waals surface area contributed by atoms with Crippen LogP contribution in [0, 0.1) is 12.8 Å². The highest BCUT2D eigenvalue weighted by Crippen LogP contribution is 2.16. The molecule has 1 aromatic heterocycles. The SMILES string of the molecule is Cc1ccc(=O)n(CC2CN(CCN3CCCOCC3=O)C2)n1. The third-order valence-electron chi connectivity index (χ3n) is 4.44. The first kappa shape index (κ1) is 16.1. The molecule has 0 radical (unpaired) electrons. The summed E-state index contributed by atoms with van der Waals surface area (Å²) < 4.78 is 6.81. The van der Waals surface area contributed by atoms with Crippen LogP contribution in [0.3, 0.4) is 0 Å². The van der Waals surface area contributed by atoms with E-state index in [2.05, 4.69) is 10.00 Å². The molecule has 2 aliphatic rings. The Morgan fingerprint density at radius 3 is 2.91 bits per heavy atom. The smallest absolute Gasteiger partial charge is 0.266 e. The van der Waals surface area contributed by atoms with Gasteiger partial charge in [-0.25, -0.2) is 4.68 Å². The van der Waals surface area contributed by atoms with Crippen LogP contribution in [0.4, 0.5) is 0 Å². The highest BCUT2D eigenvalue weighted by molar-refractivity contribution is 5.77. The molecule has 2 saturated heterocycles. The van der Waals surface area contributed by atoms with E-state index in [-0.39, 0.29) is 18.1 Å². The second-order valence-electron chi connectivity index (χ2n) is 6.41. The number of carbonyl (C=O) groups excluding carboxylic acids is 1. The molecule has 2 fully saturated rings. The lowest BCUT2D eigenvalue weighted by atomic mass is 10.0. The zero-order valence-corrected chi connectivity index (χ0v) is 13.6. The van der Waals surface area contributed by atoms with Gasteiger partial charge in [-0.1, -0.05) is 0 Å². The number of carbonyl (C=O) groups is 1. The molecule has 0 aliphatic carbocycles. The van der Waals surface area contributed by atoms with E-state index in [0.717, 1.165) is 44.8 Å². The Kier molecular flexibility index (Phi) is 5.07. The minimum Gasteiger partial charge on any atom is -0.372 e. The summed E-state index contributed by atoms with van der Waals surface area (Å²) in [7, 11) is 0. The van der Waals surface area contributed by atoms with Crippen molar-refractivity contribution in [2.45, 2.75) is 19.9 Å². The van der Waals surface area contributed by atoms with Crippen LogP contribution in [-0.2, 0) is 16.1 Å². The van der Waals surface area contributed by atoms with E-state index in [9.17, 15) is 9.59 Å². The summed E-state index contributed by atoms with van der Waals surface area (Å²) in [5.41, 5.74) is 0.826. The van der Waals surface area contributed by atoms with Gasteiger partial charge in [0, 0.05) is 51.3 Å². The third-order valence-corrected chi connectivity index (χ3v) is 4.44. The molecule has 0 unspecified atom stereocenters. The van der Waals surface area contributed by atoms with Crippen LogP contribution >= 0.6 is 0 Å². The number of amides is 1. The summed E-state index contributed by atoms with van der Waals surface area (Å²) in [6.07, 6.45) is 0.913. The zero-order valence-electron chi connectivity index (χ0n) is 13.6. The predicted molar refractivity (Wildman–Crippen MR) is 85.2 cm³/mol. The van der Waals surface area contributed by atoms with Crippen LogP contribution in [-0.4, -0.2) is 71.4 Å². The summed E-state index contributed by atoms with van der Waals surface area (Å²) in [6.45, 7) is 7.81. The maximum Gasteiger partial charge on any atom is 0.266 e. The largest absolute Gasteiger partial charge is 0.372 e. The summed E-state index contributed by atoms with van der Waals surface area (Å²) in [5.74, 6) is 0.556. The number of likely N-dealkylation sites (tertiary alicyclic amines) is 1. The number of aromatic nitrogens is 2. The summed E-state index contributed by atoms with van der Waals surface area (Å²) >= 11 is 0. The normalized spacial score (nSPS) is 20.4. The van der Waals surface area contributed by atoms with Gasteiger partial charge < -0.3 is 14.5 Å². The van der Waals surface area contributed by atoms with Crippen LogP contribution < -0.4 is 5.56 Å². The van der Waals surface area contributed by atoms with Gasteiger partial charge in [0.2, 0.25) is 5.91 Å². The fourth-order valence-electron chi connectivity index (χ4n) is 3.13. The highest BCUT2D eigenvalue weighted by Gasteiger charge is 2.28. The van der Waals surface area contributed by atoms with Crippen molar-refractivity contribution in [3.8, 4) is 0 Å². The van der Waals surface area contributed by atoms with E-state index < -0.39 is 0 Å². The van der Waals surface area contributed by atoms with Crippen molar-refractivity contribution in [3.63, 3.8) is 0 Å². The van der Waals surface area contributed by atoms with Gasteiger partial charge in [-0.15, -0.1) is 0 Å². The summed E-state index contributed by atoms with van der Waals surface area (Å²) in [6, 6.07) is 3.32. The van der Waals surface area contributed by atoms with Gasteiger partial charge in [0.25, 0.3) is 5.56 Å². The van der Waals surface area contributed by atoms with Gasteiger partial charge in [0.15, 0.2) is 0 Å². The zero-order chi connectivity index (χ0) is 16.2. The minimum atomic E-state index is -0.0378. The second kappa shape index (κ2) is 7.23. The standard InChI is InChI=1S/C16H24N4O3/c1-13-3-4-15(21)20(17-13)11-14-9-18(10-14)6-7-19-5-2-8-23-12-16(19)22/h3-4,14H,2,5-12H2,1H3. The van der Waals surface area contributed by atoms with Crippen LogP contribution in [0.15, 0.2) is 16.9 Å². The molecule has 7 heteroatoms. The van der Waals surface area contributed by atoms with E-state index in [1.54, 1.807) is 16.8 Å². The predicted octanol–water partition coefficient (Wildman–Crippen LogP) is -0.268. The number of rotatable bonds is 5. The Morgan fingerprint density at radius 2 is 2.09 bits per heavy atom. The number of hydrogen-bond donors (Lipinski definition) is 0.